The first-order chi connectivity index (χ1) is 15.0. The monoisotopic (exact) mass is 419 g/mol. The van der Waals surface area contributed by atoms with Crippen LogP contribution >= 0.6 is 0 Å². The molecule has 0 unspecified atom stereocenters. The standard InChI is InChI=1S/C24H29N5O2/c1-17-7-4-5-8-20(17)16-28-12-11-22-26-27-23(29(22)14-13-28)18(2)25-24(30)19-9-6-10-21(15-19)31-3/h4-10,15,18H,11-14,16H2,1-3H3,(H,25,30)/t18-/m0/s1. The first-order valence-electron chi connectivity index (χ1n) is 10.7. The van der Waals surface area contributed by atoms with Crippen molar-refractivity contribution in [3.8, 4) is 5.75 Å². The summed E-state index contributed by atoms with van der Waals surface area (Å²) in [6.07, 6.45) is 0.843. The number of carbonyl (C=O) groups is 1. The van der Waals surface area contributed by atoms with Crippen molar-refractivity contribution in [2.75, 3.05) is 20.2 Å². The topological polar surface area (TPSA) is 72.3 Å². The summed E-state index contributed by atoms with van der Waals surface area (Å²) in [5, 5.41) is 11.9. The normalized spacial score (nSPS) is 15.1. The molecule has 1 aromatic heterocycles. The molecule has 7 heteroatoms. The van der Waals surface area contributed by atoms with Crippen molar-refractivity contribution in [3.63, 3.8) is 0 Å². The molecule has 7 nitrogen and oxygen atoms in total. The average Bonchev–Trinajstić information content (AvgIpc) is 3.09. The van der Waals surface area contributed by atoms with Gasteiger partial charge in [0.05, 0.1) is 13.2 Å². The number of ether oxygens (including phenoxy) is 1. The largest absolute Gasteiger partial charge is 0.497 e. The lowest BCUT2D eigenvalue weighted by Crippen LogP contribution is -2.30. The van der Waals surface area contributed by atoms with Crippen molar-refractivity contribution in [2.45, 2.75) is 39.4 Å². The third-order valence-electron chi connectivity index (χ3n) is 5.87. The number of hydrogen-bond donors (Lipinski definition) is 1. The SMILES string of the molecule is COc1cccc(C(=O)N[C@@H](C)c2nnc3n2CCN(Cc2ccccc2C)CC3)c1. The molecule has 0 radical (unpaired) electrons. The first kappa shape index (κ1) is 21.1. The molecule has 0 bridgehead atoms. The first-order valence-corrected chi connectivity index (χ1v) is 10.7. The number of benzene rings is 2. The van der Waals surface area contributed by atoms with Gasteiger partial charge in [0, 0.05) is 38.2 Å². The second-order valence-electron chi connectivity index (χ2n) is 8.01. The van der Waals surface area contributed by atoms with Crippen LogP contribution in [0.5, 0.6) is 5.75 Å². The predicted molar refractivity (Wildman–Crippen MR) is 119 cm³/mol. The lowest BCUT2D eigenvalue weighted by Gasteiger charge is -2.21. The molecule has 0 saturated carbocycles. The van der Waals surface area contributed by atoms with E-state index in [0.29, 0.717) is 11.3 Å². The van der Waals surface area contributed by atoms with Crippen molar-refractivity contribution in [1.82, 2.24) is 25.0 Å². The van der Waals surface area contributed by atoms with E-state index < -0.39 is 0 Å². The van der Waals surface area contributed by atoms with Gasteiger partial charge in [0.2, 0.25) is 0 Å². The second-order valence-corrected chi connectivity index (χ2v) is 8.01. The quantitative estimate of drug-likeness (QED) is 0.665. The highest BCUT2D eigenvalue weighted by Crippen LogP contribution is 2.19. The van der Waals surface area contributed by atoms with E-state index in [4.69, 9.17) is 4.74 Å². The van der Waals surface area contributed by atoms with Crippen LogP contribution in [0, 0.1) is 6.92 Å². The molecule has 2 aromatic carbocycles. The summed E-state index contributed by atoms with van der Waals surface area (Å²) in [7, 11) is 1.59. The minimum atomic E-state index is -0.247. The van der Waals surface area contributed by atoms with Gasteiger partial charge in [-0.3, -0.25) is 9.69 Å². The van der Waals surface area contributed by atoms with Gasteiger partial charge in [-0.2, -0.15) is 0 Å². The molecule has 1 aliphatic heterocycles. The van der Waals surface area contributed by atoms with Crippen LogP contribution in [0.25, 0.3) is 0 Å². The Hall–Kier alpha value is -3.19. The van der Waals surface area contributed by atoms with Crippen LogP contribution in [-0.4, -0.2) is 45.8 Å². The van der Waals surface area contributed by atoms with Crippen molar-refractivity contribution in [1.29, 1.82) is 0 Å². The summed E-state index contributed by atoms with van der Waals surface area (Å²) in [4.78, 5) is 15.2. The Kier molecular flexibility index (Phi) is 6.32. The highest BCUT2D eigenvalue weighted by Gasteiger charge is 2.23. The van der Waals surface area contributed by atoms with E-state index in [1.807, 2.05) is 19.1 Å². The molecule has 1 atom stereocenters. The van der Waals surface area contributed by atoms with Crippen LogP contribution in [0.3, 0.4) is 0 Å². The number of carbonyl (C=O) groups excluding carboxylic acids is 1. The van der Waals surface area contributed by atoms with Crippen molar-refractivity contribution >= 4 is 5.91 Å². The number of methoxy groups -OCH3 is 1. The van der Waals surface area contributed by atoms with Gasteiger partial charge in [0.15, 0.2) is 5.82 Å². The minimum absolute atomic E-state index is 0.154. The Bertz CT molecular complexity index is 1060. The van der Waals surface area contributed by atoms with Crippen molar-refractivity contribution in [3.05, 3.63) is 76.9 Å². The lowest BCUT2D eigenvalue weighted by molar-refractivity contribution is 0.0937. The third kappa shape index (κ3) is 4.77. The van der Waals surface area contributed by atoms with Crippen LogP contribution in [-0.2, 0) is 19.5 Å². The fraction of sp³-hybridized carbons (Fsp3) is 0.375. The maximum Gasteiger partial charge on any atom is 0.251 e. The molecule has 1 aliphatic rings. The van der Waals surface area contributed by atoms with E-state index >= 15 is 0 Å². The smallest absolute Gasteiger partial charge is 0.251 e. The minimum Gasteiger partial charge on any atom is -0.497 e. The summed E-state index contributed by atoms with van der Waals surface area (Å²) in [6.45, 7) is 7.71. The van der Waals surface area contributed by atoms with Gasteiger partial charge in [-0.05, 0) is 43.2 Å². The highest BCUT2D eigenvalue weighted by molar-refractivity contribution is 5.94. The fourth-order valence-electron chi connectivity index (χ4n) is 4.00. The summed E-state index contributed by atoms with van der Waals surface area (Å²) < 4.78 is 7.38. The van der Waals surface area contributed by atoms with Gasteiger partial charge in [-0.25, -0.2) is 0 Å². The van der Waals surface area contributed by atoms with E-state index in [-0.39, 0.29) is 11.9 Å². The zero-order valence-electron chi connectivity index (χ0n) is 18.3. The molecule has 162 valence electrons. The van der Waals surface area contributed by atoms with E-state index in [1.54, 1.807) is 19.2 Å². The number of nitrogens with zero attached hydrogens (tertiary/aromatic N) is 4. The molecule has 1 N–H and O–H groups in total. The molecule has 0 aliphatic carbocycles. The van der Waals surface area contributed by atoms with Crippen molar-refractivity contribution in [2.24, 2.45) is 0 Å². The Morgan fingerprint density at radius 1 is 1.13 bits per heavy atom. The maximum atomic E-state index is 12.7. The molecule has 0 spiro atoms. The van der Waals surface area contributed by atoms with Gasteiger partial charge in [0.1, 0.15) is 11.6 Å². The van der Waals surface area contributed by atoms with Crippen LogP contribution < -0.4 is 10.1 Å². The molecule has 0 fully saturated rings. The second kappa shape index (κ2) is 9.31. The predicted octanol–water partition coefficient (Wildman–Crippen LogP) is 3.14. The fourth-order valence-corrected chi connectivity index (χ4v) is 4.00. The summed E-state index contributed by atoms with van der Waals surface area (Å²) >= 11 is 0. The molecule has 3 aromatic rings. The van der Waals surface area contributed by atoms with Crippen LogP contribution in [0.4, 0.5) is 0 Å². The molecular formula is C24H29N5O2. The molecule has 0 saturated heterocycles. The zero-order valence-corrected chi connectivity index (χ0v) is 18.3. The van der Waals surface area contributed by atoms with Gasteiger partial charge < -0.3 is 14.6 Å². The van der Waals surface area contributed by atoms with E-state index in [0.717, 1.165) is 44.2 Å². The van der Waals surface area contributed by atoms with Crippen LogP contribution in [0.2, 0.25) is 0 Å². The van der Waals surface area contributed by atoms with E-state index in [9.17, 15) is 4.79 Å². The van der Waals surface area contributed by atoms with Crippen LogP contribution in [0.1, 0.15) is 46.1 Å². The zero-order chi connectivity index (χ0) is 21.8. The summed E-state index contributed by atoms with van der Waals surface area (Å²) in [6, 6.07) is 15.4. The van der Waals surface area contributed by atoms with Gasteiger partial charge >= 0.3 is 0 Å². The lowest BCUT2D eigenvalue weighted by atomic mass is 10.1. The van der Waals surface area contributed by atoms with Crippen LogP contribution in [0.15, 0.2) is 48.5 Å². The molecule has 4 rings (SSSR count). The number of rotatable bonds is 6. The number of nitrogens with one attached hydrogen (secondary N) is 1. The molecule has 2 heterocycles. The van der Waals surface area contributed by atoms with E-state index in [2.05, 4.69) is 56.2 Å². The van der Waals surface area contributed by atoms with Gasteiger partial charge in [-0.1, -0.05) is 30.3 Å². The maximum absolute atomic E-state index is 12.7. The third-order valence-corrected chi connectivity index (χ3v) is 5.87. The number of hydrogen-bond acceptors (Lipinski definition) is 5. The number of amides is 1. The number of fused-ring (bicyclic) bond motifs is 1. The Morgan fingerprint density at radius 2 is 1.97 bits per heavy atom. The Labute approximate surface area is 183 Å². The van der Waals surface area contributed by atoms with E-state index in [1.165, 1.54) is 11.1 Å². The van der Waals surface area contributed by atoms with Gasteiger partial charge in [-0.15, -0.1) is 10.2 Å². The molecule has 31 heavy (non-hydrogen) atoms. The molecular weight excluding hydrogens is 390 g/mol. The highest BCUT2D eigenvalue weighted by atomic mass is 16.5. The van der Waals surface area contributed by atoms with Crippen molar-refractivity contribution < 1.29 is 9.53 Å². The average molecular weight is 420 g/mol. The molecule has 1 amide bonds. The Morgan fingerprint density at radius 3 is 2.77 bits per heavy atom. The number of aryl methyl sites for hydroxylation is 1. The van der Waals surface area contributed by atoms with Gasteiger partial charge in [0.25, 0.3) is 5.91 Å². The summed E-state index contributed by atoms with van der Waals surface area (Å²) in [5.74, 6) is 2.28. The number of aromatic nitrogens is 3. The Balaban J connectivity index is 1.43. The summed E-state index contributed by atoms with van der Waals surface area (Å²) in [5.41, 5.74) is 3.24.